The number of carbonyl (C=O) groups excluding carboxylic acids is 1. The second-order valence-electron chi connectivity index (χ2n) is 7.64. The first kappa shape index (κ1) is 24.6. The average molecular weight is 501 g/mol. The Hall–Kier alpha value is -4.55. The Kier molecular flexibility index (Phi) is 7.68. The molecular formula is C27H24N3O5P. The molecule has 3 aromatic carbocycles. The molecule has 1 atom stereocenters. The molecule has 0 aliphatic rings. The van der Waals surface area contributed by atoms with Crippen molar-refractivity contribution < 1.29 is 22.8 Å². The average Bonchev–Trinajstić information content (AvgIpc) is 3.41. The fourth-order valence-electron chi connectivity index (χ4n) is 3.30. The maximum atomic E-state index is 14.5. The van der Waals surface area contributed by atoms with Crippen molar-refractivity contribution >= 4 is 25.4 Å². The topological polar surface area (TPSA) is 128 Å². The van der Waals surface area contributed by atoms with E-state index in [0.717, 1.165) is 0 Å². The van der Waals surface area contributed by atoms with Gasteiger partial charge >= 0.3 is 7.60 Å². The molecule has 1 heterocycles. The first-order chi connectivity index (χ1) is 17.4. The Morgan fingerprint density at radius 2 is 1.47 bits per heavy atom. The number of furan rings is 1. The predicted molar refractivity (Wildman–Crippen MR) is 138 cm³/mol. The van der Waals surface area contributed by atoms with E-state index in [1.807, 2.05) is 0 Å². The molecule has 9 heteroatoms. The van der Waals surface area contributed by atoms with Crippen LogP contribution < -0.4 is 20.1 Å². The molecule has 1 amide bonds. The van der Waals surface area contributed by atoms with E-state index >= 15 is 0 Å². The standard InChI is InChI=1S/C27H24N3O5P/c28-26(29)20-13-15-21(16-14-20)27(30-25(31)18-17-22-12-7-19-33-22)36(32,34-23-8-3-1-4-9-23)35-24-10-5-2-6-11-24/h1-19,27H,(H3,28,29)(H,30,31)/b18-17+. The van der Waals surface area contributed by atoms with Crippen LogP contribution in [0.2, 0.25) is 0 Å². The number of benzene rings is 3. The summed E-state index contributed by atoms with van der Waals surface area (Å²) in [7, 11) is -4.15. The number of hydrogen-bond acceptors (Lipinski definition) is 6. The molecule has 0 spiro atoms. The SMILES string of the molecule is N=C(N)c1ccc(C(NC(=O)/C=C/c2ccco2)P(=O)(Oc2ccccc2)Oc2ccccc2)cc1. The fourth-order valence-corrected chi connectivity index (χ4v) is 5.20. The van der Waals surface area contributed by atoms with Gasteiger partial charge in [0.15, 0.2) is 5.78 Å². The van der Waals surface area contributed by atoms with Crippen molar-refractivity contribution in [2.75, 3.05) is 0 Å². The van der Waals surface area contributed by atoms with E-state index in [1.54, 1.807) is 97.1 Å². The summed E-state index contributed by atoms with van der Waals surface area (Å²) in [5.41, 5.74) is 6.50. The number of rotatable bonds is 10. The molecule has 0 radical (unpaired) electrons. The molecule has 0 aliphatic heterocycles. The zero-order chi connectivity index (χ0) is 25.4. The lowest BCUT2D eigenvalue weighted by Gasteiger charge is -2.28. The first-order valence-corrected chi connectivity index (χ1v) is 12.6. The van der Waals surface area contributed by atoms with Crippen molar-refractivity contribution in [2.24, 2.45) is 5.73 Å². The highest BCUT2D eigenvalue weighted by Crippen LogP contribution is 2.59. The van der Waals surface area contributed by atoms with Crippen molar-refractivity contribution in [2.45, 2.75) is 5.78 Å². The molecule has 36 heavy (non-hydrogen) atoms. The van der Waals surface area contributed by atoms with Gasteiger partial charge in [-0.05, 0) is 48.0 Å². The minimum atomic E-state index is -4.15. The van der Waals surface area contributed by atoms with E-state index in [2.05, 4.69) is 5.32 Å². The maximum absolute atomic E-state index is 14.5. The van der Waals surface area contributed by atoms with Crippen LogP contribution in [0.15, 0.2) is 114 Å². The Labute approximate surface area is 208 Å². The van der Waals surface area contributed by atoms with Crippen LogP contribution in [-0.2, 0) is 9.36 Å². The van der Waals surface area contributed by atoms with Gasteiger partial charge in [0.2, 0.25) is 5.91 Å². The lowest BCUT2D eigenvalue weighted by Crippen LogP contribution is -2.30. The zero-order valence-electron chi connectivity index (χ0n) is 19.1. The van der Waals surface area contributed by atoms with Crippen molar-refractivity contribution in [3.8, 4) is 11.5 Å². The lowest BCUT2D eigenvalue weighted by molar-refractivity contribution is -0.116. The quantitative estimate of drug-likeness (QED) is 0.110. The lowest BCUT2D eigenvalue weighted by atomic mass is 10.1. The van der Waals surface area contributed by atoms with Gasteiger partial charge in [0, 0.05) is 11.6 Å². The zero-order valence-corrected chi connectivity index (χ0v) is 20.0. The minimum absolute atomic E-state index is 0.118. The Bertz CT molecular complexity index is 1330. The van der Waals surface area contributed by atoms with E-state index in [-0.39, 0.29) is 5.84 Å². The van der Waals surface area contributed by atoms with E-state index in [1.165, 1.54) is 18.4 Å². The molecule has 4 N–H and O–H groups in total. The van der Waals surface area contributed by atoms with E-state index in [9.17, 15) is 9.36 Å². The van der Waals surface area contributed by atoms with Crippen molar-refractivity contribution in [1.82, 2.24) is 5.32 Å². The number of nitrogens with two attached hydrogens (primary N) is 1. The van der Waals surface area contributed by atoms with Crippen molar-refractivity contribution in [3.63, 3.8) is 0 Å². The summed E-state index contributed by atoms with van der Waals surface area (Å²) in [5.74, 6) is -0.761. The highest BCUT2D eigenvalue weighted by molar-refractivity contribution is 7.55. The number of para-hydroxylation sites is 2. The Balaban J connectivity index is 1.74. The van der Waals surface area contributed by atoms with Crippen molar-refractivity contribution in [1.29, 1.82) is 5.41 Å². The van der Waals surface area contributed by atoms with Gasteiger partial charge in [0.1, 0.15) is 23.1 Å². The van der Waals surface area contributed by atoms with Gasteiger partial charge in [0.05, 0.1) is 6.26 Å². The van der Waals surface area contributed by atoms with Gasteiger partial charge in [-0.15, -0.1) is 0 Å². The number of nitrogens with one attached hydrogen (secondary N) is 2. The van der Waals surface area contributed by atoms with Crippen LogP contribution in [-0.4, -0.2) is 11.7 Å². The van der Waals surface area contributed by atoms with Crippen LogP contribution in [0.25, 0.3) is 6.08 Å². The molecule has 1 aromatic heterocycles. The smallest absolute Gasteiger partial charge is 0.457 e. The summed E-state index contributed by atoms with van der Waals surface area (Å²) in [5, 5.41) is 10.4. The van der Waals surface area contributed by atoms with Gasteiger partial charge in [0.25, 0.3) is 0 Å². The number of nitrogen functional groups attached to an aromatic ring is 1. The largest absolute Gasteiger partial charge is 0.465 e. The molecule has 1 unspecified atom stereocenters. The maximum Gasteiger partial charge on any atom is 0.457 e. The molecule has 8 nitrogen and oxygen atoms in total. The Morgan fingerprint density at radius 3 is 1.97 bits per heavy atom. The summed E-state index contributed by atoms with van der Waals surface area (Å²) >= 11 is 0. The number of hydrogen-bond donors (Lipinski definition) is 3. The molecule has 4 aromatic rings. The van der Waals surface area contributed by atoms with Gasteiger partial charge in [-0.3, -0.25) is 10.2 Å². The third-order valence-electron chi connectivity index (χ3n) is 5.03. The first-order valence-electron chi connectivity index (χ1n) is 11.0. The van der Waals surface area contributed by atoms with Gasteiger partial charge < -0.3 is 24.5 Å². The van der Waals surface area contributed by atoms with Crippen molar-refractivity contribution in [3.05, 3.63) is 126 Å². The monoisotopic (exact) mass is 501 g/mol. The van der Waals surface area contributed by atoms with Gasteiger partial charge in [-0.1, -0.05) is 60.7 Å². The molecular weight excluding hydrogens is 477 g/mol. The van der Waals surface area contributed by atoms with Gasteiger partial charge in [-0.2, -0.15) is 0 Å². The normalized spacial score (nSPS) is 12.1. The number of amides is 1. The summed E-state index contributed by atoms with van der Waals surface area (Å²) in [4.78, 5) is 12.9. The third kappa shape index (κ3) is 6.31. The summed E-state index contributed by atoms with van der Waals surface area (Å²) in [6.45, 7) is 0. The minimum Gasteiger partial charge on any atom is -0.465 e. The molecule has 0 saturated heterocycles. The van der Waals surface area contributed by atoms with E-state index in [0.29, 0.717) is 28.4 Å². The number of carbonyl (C=O) groups is 1. The molecule has 0 aliphatic carbocycles. The Morgan fingerprint density at radius 1 is 0.889 bits per heavy atom. The van der Waals surface area contributed by atoms with Crippen LogP contribution in [0.3, 0.4) is 0 Å². The highest BCUT2D eigenvalue weighted by Gasteiger charge is 2.41. The van der Waals surface area contributed by atoms with Crippen LogP contribution in [0.5, 0.6) is 11.5 Å². The third-order valence-corrected chi connectivity index (χ3v) is 7.02. The predicted octanol–water partition coefficient (Wildman–Crippen LogP) is 5.74. The van der Waals surface area contributed by atoms with Crippen LogP contribution in [0, 0.1) is 5.41 Å². The fraction of sp³-hybridized carbons (Fsp3) is 0.0370. The van der Waals surface area contributed by atoms with Crippen LogP contribution >= 0.6 is 7.60 Å². The summed E-state index contributed by atoms with van der Waals surface area (Å²) < 4.78 is 31.6. The van der Waals surface area contributed by atoms with Gasteiger partial charge in [-0.25, -0.2) is 4.57 Å². The molecule has 182 valence electrons. The second kappa shape index (κ2) is 11.3. The van der Waals surface area contributed by atoms with Crippen LogP contribution in [0.1, 0.15) is 22.7 Å². The molecule has 4 rings (SSSR count). The number of amidine groups is 1. The van der Waals surface area contributed by atoms with E-state index in [4.69, 9.17) is 24.6 Å². The molecule has 0 bridgehead atoms. The molecule has 0 saturated carbocycles. The van der Waals surface area contributed by atoms with Crippen LogP contribution in [0.4, 0.5) is 0 Å². The molecule has 0 fully saturated rings. The summed E-state index contributed by atoms with van der Waals surface area (Å²) in [6.07, 6.45) is 4.25. The van der Waals surface area contributed by atoms with E-state index < -0.39 is 19.3 Å². The summed E-state index contributed by atoms with van der Waals surface area (Å²) in [6, 6.07) is 27.0. The second-order valence-corrected chi connectivity index (χ2v) is 9.61. The highest BCUT2D eigenvalue weighted by atomic mass is 31.2.